The lowest BCUT2D eigenvalue weighted by molar-refractivity contribution is -0.181. The van der Waals surface area contributed by atoms with Gasteiger partial charge in [-0.25, -0.2) is 0 Å². The molecule has 1 heterocycles. The van der Waals surface area contributed by atoms with Crippen molar-refractivity contribution in [3.05, 3.63) is 0 Å². The van der Waals surface area contributed by atoms with E-state index in [0.717, 1.165) is 12.3 Å². The number of nitrogens with zero attached hydrogens (tertiary/aromatic N) is 1. The first-order valence-electron chi connectivity index (χ1n) is 9.83. The average Bonchev–Trinajstić information content (AvgIpc) is 3.23. The quantitative estimate of drug-likeness (QED) is 0.579. The summed E-state index contributed by atoms with van der Waals surface area (Å²) in [4.78, 5) is 38.6. The Morgan fingerprint density at radius 3 is 2.68 bits per heavy atom. The van der Waals surface area contributed by atoms with Gasteiger partial charge in [-0.2, -0.15) is 0 Å². The number of imide groups is 1. The number of rotatable bonds is 4. The Morgan fingerprint density at radius 1 is 1.28 bits per heavy atom. The fourth-order valence-corrected chi connectivity index (χ4v) is 6.19. The molecule has 5 nitrogen and oxygen atoms in total. The standard InChI is InChI=1S/C20H29NO4/c1-4-19(2,3)18(24)25-11-17(23)21-16(22)10-20(21)9-12-8-15(20)14-7-5-6-13(12)14/h12-15H,4-11H2,1-3H3. The summed E-state index contributed by atoms with van der Waals surface area (Å²) in [6, 6.07) is 0. The molecule has 3 aliphatic carbocycles. The molecule has 1 saturated heterocycles. The number of amides is 2. The molecule has 0 aromatic rings. The smallest absolute Gasteiger partial charge is 0.312 e. The second kappa shape index (κ2) is 5.55. The first-order valence-corrected chi connectivity index (χ1v) is 9.83. The average molecular weight is 347 g/mol. The zero-order valence-electron chi connectivity index (χ0n) is 15.5. The van der Waals surface area contributed by atoms with Gasteiger partial charge in [0.15, 0.2) is 6.61 Å². The summed E-state index contributed by atoms with van der Waals surface area (Å²) < 4.78 is 5.25. The Balaban J connectivity index is 1.44. The summed E-state index contributed by atoms with van der Waals surface area (Å²) in [6.07, 6.45) is 7.19. The van der Waals surface area contributed by atoms with Gasteiger partial charge in [0.25, 0.3) is 5.91 Å². The highest BCUT2D eigenvalue weighted by Crippen LogP contribution is 2.67. The van der Waals surface area contributed by atoms with E-state index in [2.05, 4.69) is 0 Å². The summed E-state index contributed by atoms with van der Waals surface area (Å²) in [5.41, 5.74) is -0.850. The van der Waals surface area contributed by atoms with Crippen molar-refractivity contribution in [3.8, 4) is 0 Å². The Kier molecular flexibility index (Phi) is 3.79. The molecular weight excluding hydrogens is 318 g/mol. The first-order chi connectivity index (χ1) is 11.8. The third-order valence-electron chi connectivity index (χ3n) is 7.77. The molecule has 25 heavy (non-hydrogen) atoms. The highest BCUT2D eigenvalue weighted by atomic mass is 16.5. The minimum Gasteiger partial charge on any atom is -0.455 e. The third kappa shape index (κ3) is 2.30. The number of carbonyl (C=O) groups is 3. The fraction of sp³-hybridized carbons (Fsp3) is 0.850. The van der Waals surface area contributed by atoms with Crippen molar-refractivity contribution in [1.29, 1.82) is 0 Å². The van der Waals surface area contributed by atoms with Crippen LogP contribution in [0.5, 0.6) is 0 Å². The van der Waals surface area contributed by atoms with E-state index in [1.807, 2.05) is 20.8 Å². The second-order valence-electron chi connectivity index (χ2n) is 9.28. The van der Waals surface area contributed by atoms with Crippen molar-refractivity contribution in [2.24, 2.45) is 29.1 Å². The molecule has 1 aliphatic heterocycles. The maximum Gasteiger partial charge on any atom is 0.312 e. The van der Waals surface area contributed by atoms with Gasteiger partial charge >= 0.3 is 5.97 Å². The predicted molar refractivity (Wildman–Crippen MR) is 91.3 cm³/mol. The molecule has 1 spiro atoms. The number of fused-ring (bicyclic) bond motifs is 6. The van der Waals surface area contributed by atoms with E-state index in [1.165, 1.54) is 30.6 Å². The monoisotopic (exact) mass is 347 g/mol. The fourth-order valence-electron chi connectivity index (χ4n) is 6.19. The lowest BCUT2D eigenvalue weighted by Crippen LogP contribution is -2.70. The van der Waals surface area contributed by atoms with Crippen LogP contribution in [0.1, 0.15) is 65.7 Å². The molecule has 0 aromatic heterocycles. The van der Waals surface area contributed by atoms with E-state index in [0.29, 0.717) is 30.6 Å². The van der Waals surface area contributed by atoms with E-state index >= 15 is 0 Å². The second-order valence-corrected chi connectivity index (χ2v) is 9.28. The van der Waals surface area contributed by atoms with Crippen LogP contribution in [0.2, 0.25) is 0 Å². The number of likely N-dealkylation sites (tertiary alicyclic amines) is 1. The molecule has 2 bridgehead atoms. The van der Waals surface area contributed by atoms with Gasteiger partial charge in [0.1, 0.15) is 0 Å². The van der Waals surface area contributed by atoms with Crippen molar-refractivity contribution >= 4 is 17.8 Å². The van der Waals surface area contributed by atoms with Crippen LogP contribution in [-0.2, 0) is 19.1 Å². The lowest BCUT2D eigenvalue weighted by atomic mass is 9.64. The van der Waals surface area contributed by atoms with E-state index in [1.54, 1.807) is 0 Å². The molecule has 5 heteroatoms. The summed E-state index contributed by atoms with van der Waals surface area (Å²) >= 11 is 0. The van der Waals surface area contributed by atoms with Gasteiger partial charge in [-0.3, -0.25) is 19.3 Å². The molecule has 2 amide bonds. The third-order valence-corrected chi connectivity index (χ3v) is 7.77. The van der Waals surface area contributed by atoms with E-state index in [-0.39, 0.29) is 29.9 Å². The largest absolute Gasteiger partial charge is 0.455 e. The van der Waals surface area contributed by atoms with Crippen LogP contribution in [0.15, 0.2) is 0 Å². The van der Waals surface area contributed by atoms with Crippen molar-refractivity contribution in [1.82, 2.24) is 4.90 Å². The van der Waals surface area contributed by atoms with Crippen molar-refractivity contribution in [2.75, 3.05) is 6.61 Å². The number of ether oxygens (including phenoxy) is 1. The lowest BCUT2D eigenvalue weighted by Gasteiger charge is -2.55. The number of hydrogen-bond acceptors (Lipinski definition) is 4. The Labute approximate surface area is 149 Å². The molecule has 0 aromatic carbocycles. The molecule has 4 fully saturated rings. The number of β-lactam (4-membered cyclic amide) rings is 1. The zero-order chi connectivity index (χ0) is 18.0. The maximum atomic E-state index is 12.7. The van der Waals surface area contributed by atoms with Crippen LogP contribution in [0.3, 0.4) is 0 Å². The van der Waals surface area contributed by atoms with Gasteiger partial charge in [0.2, 0.25) is 5.91 Å². The van der Waals surface area contributed by atoms with Crippen molar-refractivity contribution in [3.63, 3.8) is 0 Å². The Hall–Kier alpha value is -1.39. The summed E-state index contributed by atoms with van der Waals surface area (Å²) in [6.45, 7) is 5.24. The van der Waals surface area contributed by atoms with Crippen LogP contribution in [0.4, 0.5) is 0 Å². The summed E-state index contributed by atoms with van der Waals surface area (Å²) in [7, 11) is 0. The van der Waals surface area contributed by atoms with Gasteiger partial charge < -0.3 is 4.74 Å². The normalized spacial score (nSPS) is 38.8. The molecule has 5 atom stereocenters. The summed E-state index contributed by atoms with van der Waals surface area (Å²) in [5.74, 6) is 1.91. The maximum absolute atomic E-state index is 12.7. The van der Waals surface area contributed by atoms with Gasteiger partial charge in [0.05, 0.1) is 17.4 Å². The molecular formula is C20H29NO4. The molecule has 5 unspecified atom stereocenters. The SMILES string of the molecule is CCC(C)(C)C(=O)OCC(=O)N1C(=O)CC12CC1CC2C2CCCC12. The first kappa shape index (κ1) is 17.0. The number of esters is 1. The number of carbonyl (C=O) groups excluding carboxylic acids is 3. The van der Waals surface area contributed by atoms with E-state index < -0.39 is 5.41 Å². The molecule has 4 rings (SSSR count). The molecule has 4 aliphatic rings. The van der Waals surface area contributed by atoms with Crippen molar-refractivity contribution in [2.45, 2.75) is 71.3 Å². The molecule has 0 N–H and O–H groups in total. The highest BCUT2D eigenvalue weighted by molar-refractivity contribution is 6.03. The molecule has 0 radical (unpaired) electrons. The molecule has 138 valence electrons. The van der Waals surface area contributed by atoms with Gasteiger partial charge in [-0.05, 0) is 69.6 Å². The zero-order valence-corrected chi connectivity index (χ0v) is 15.5. The van der Waals surface area contributed by atoms with Crippen LogP contribution < -0.4 is 0 Å². The minimum atomic E-state index is -0.597. The van der Waals surface area contributed by atoms with Crippen LogP contribution in [-0.4, -0.2) is 34.8 Å². The van der Waals surface area contributed by atoms with Crippen LogP contribution >= 0.6 is 0 Å². The van der Waals surface area contributed by atoms with Gasteiger partial charge in [0, 0.05) is 0 Å². The van der Waals surface area contributed by atoms with Crippen LogP contribution in [0.25, 0.3) is 0 Å². The minimum absolute atomic E-state index is 0.0853. The van der Waals surface area contributed by atoms with Crippen LogP contribution in [0, 0.1) is 29.1 Å². The Bertz CT molecular complexity index is 627. The van der Waals surface area contributed by atoms with E-state index in [9.17, 15) is 14.4 Å². The predicted octanol–water partition coefficient (Wildman–Crippen LogP) is 2.92. The van der Waals surface area contributed by atoms with Gasteiger partial charge in [-0.15, -0.1) is 0 Å². The topological polar surface area (TPSA) is 63.7 Å². The highest BCUT2D eigenvalue weighted by Gasteiger charge is 2.69. The Morgan fingerprint density at radius 2 is 2.00 bits per heavy atom. The van der Waals surface area contributed by atoms with Crippen molar-refractivity contribution < 1.29 is 19.1 Å². The number of hydrogen-bond donors (Lipinski definition) is 0. The molecule has 3 saturated carbocycles. The summed E-state index contributed by atoms with van der Waals surface area (Å²) in [5, 5.41) is 0. The van der Waals surface area contributed by atoms with Gasteiger partial charge in [-0.1, -0.05) is 13.3 Å². The van der Waals surface area contributed by atoms with E-state index in [4.69, 9.17) is 4.74 Å².